The van der Waals surface area contributed by atoms with Gasteiger partial charge in [0.2, 0.25) is 0 Å². The van der Waals surface area contributed by atoms with Crippen molar-refractivity contribution in [3.8, 4) is 0 Å². The average Bonchev–Trinajstić information content (AvgIpc) is 3.12. The van der Waals surface area contributed by atoms with Gasteiger partial charge in [-0.3, -0.25) is 9.59 Å². The number of esters is 2. The van der Waals surface area contributed by atoms with E-state index in [0.29, 0.717) is 29.6 Å². The molecule has 4 rings (SSSR count). The molecule has 0 unspecified atom stereocenters. The van der Waals surface area contributed by atoms with E-state index in [0.717, 1.165) is 43.4 Å². The van der Waals surface area contributed by atoms with Crippen LogP contribution in [0.2, 0.25) is 0 Å². The lowest BCUT2D eigenvalue weighted by molar-refractivity contribution is -0.271. The molecule has 0 aromatic heterocycles. The second-order valence-electron chi connectivity index (χ2n) is 14.1. The number of carbonyl (C=O) groups excluding carboxylic acids is 2. The van der Waals surface area contributed by atoms with Gasteiger partial charge in [0.05, 0.1) is 0 Å². The van der Waals surface area contributed by atoms with Gasteiger partial charge in [-0.2, -0.15) is 0 Å². The number of hydrogen-bond acceptors (Lipinski definition) is 5. The lowest BCUT2D eigenvalue weighted by Gasteiger charge is -2.65. The van der Waals surface area contributed by atoms with Gasteiger partial charge in [0.25, 0.3) is 0 Å². The van der Waals surface area contributed by atoms with Crippen molar-refractivity contribution in [2.45, 2.75) is 137 Å². The highest BCUT2D eigenvalue weighted by Crippen LogP contribution is 2.69. The van der Waals surface area contributed by atoms with Gasteiger partial charge in [0, 0.05) is 25.7 Å². The SMILES string of the molecule is CC(=O)O[C@@H]1CC[C@]2(C)[C@@H]3CC[C@]4(C)[C@H](CC[C@@H]4[C@H](C)CCCC(C)C)[C@H]3C[C@@H](OC(C)=O)[C@@]2(O)C1. The Morgan fingerprint density at radius 1 is 0.917 bits per heavy atom. The Morgan fingerprint density at radius 3 is 2.25 bits per heavy atom. The van der Waals surface area contributed by atoms with E-state index in [4.69, 9.17) is 9.47 Å². The summed E-state index contributed by atoms with van der Waals surface area (Å²) in [6.07, 6.45) is 10.7. The molecular formula is C31H52O5. The molecule has 0 aromatic carbocycles. The summed E-state index contributed by atoms with van der Waals surface area (Å²) < 4.78 is 11.5. The van der Waals surface area contributed by atoms with Gasteiger partial charge in [-0.05, 0) is 85.9 Å². The molecule has 206 valence electrons. The van der Waals surface area contributed by atoms with Gasteiger partial charge in [-0.15, -0.1) is 0 Å². The molecule has 4 saturated carbocycles. The Morgan fingerprint density at radius 2 is 1.61 bits per heavy atom. The Balaban J connectivity index is 1.59. The number of carbonyl (C=O) groups is 2. The largest absolute Gasteiger partial charge is 0.462 e. The van der Waals surface area contributed by atoms with E-state index in [9.17, 15) is 14.7 Å². The highest BCUT2D eigenvalue weighted by molar-refractivity contribution is 5.66. The summed E-state index contributed by atoms with van der Waals surface area (Å²) in [4.78, 5) is 23.9. The maximum atomic E-state index is 12.3. The van der Waals surface area contributed by atoms with Crippen LogP contribution in [0.4, 0.5) is 0 Å². The summed E-state index contributed by atoms with van der Waals surface area (Å²) >= 11 is 0. The molecule has 0 heterocycles. The minimum Gasteiger partial charge on any atom is -0.462 e. The lowest BCUT2D eigenvalue weighted by Crippen LogP contribution is -2.69. The van der Waals surface area contributed by atoms with Gasteiger partial charge < -0.3 is 14.6 Å². The van der Waals surface area contributed by atoms with E-state index >= 15 is 0 Å². The zero-order valence-corrected chi connectivity index (χ0v) is 24.0. The van der Waals surface area contributed by atoms with E-state index in [2.05, 4.69) is 34.6 Å². The van der Waals surface area contributed by atoms with Crippen LogP contribution < -0.4 is 0 Å². The smallest absolute Gasteiger partial charge is 0.303 e. The number of rotatable bonds is 7. The zero-order valence-electron chi connectivity index (χ0n) is 24.0. The van der Waals surface area contributed by atoms with Crippen LogP contribution in [0.3, 0.4) is 0 Å². The molecule has 0 amide bonds. The van der Waals surface area contributed by atoms with E-state index in [1.165, 1.54) is 52.4 Å². The monoisotopic (exact) mass is 504 g/mol. The fourth-order valence-electron chi connectivity index (χ4n) is 9.92. The Labute approximate surface area is 219 Å². The maximum absolute atomic E-state index is 12.3. The van der Waals surface area contributed by atoms with Crippen molar-refractivity contribution in [3.63, 3.8) is 0 Å². The first-order valence-electron chi connectivity index (χ1n) is 14.9. The molecular weight excluding hydrogens is 452 g/mol. The topological polar surface area (TPSA) is 72.8 Å². The van der Waals surface area contributed by atoms with Crippen molar-refractivity contribution in [1.82, 2.24) is 0 Å². The lowest BCUT2D eigenvalue weighted by atomic mass is 9.42. The van der Waals surface area contributed by atoms with Gasteiger partial charge >= 0.3 is 11.9 Å². The average molecular weight is 505 g/mol. The van der Waals surface area contributed by atoms with Crippen molar-refractivity contribution in [3.05, 3.63) is 0 Å². The molecule has 5 heteroatoms. The third-order valence-electron chi connectivity index (χ3n) is 11.6. The highest BCUT2D eigenvalue weighted by atomic mass is 16.6. The summed E-state index contributed by atoms with van der Waals surface area (Å²) in [7, 11) is 0. The predicted octanol–water partition coefficient (Wildman–Crippen LogP) is 6.70. The van der Waals surface area contributed by atoms with Gasteiger partial charge in [-0.1, -0.05) is 53.9 Å². The molecule has 36 heavy (non-hydrogen) atoms. The molecule has 0 aromatic rings. The maximum Gasteiger partial charge on any atom is 0.303 e. The number of ether oxygens (including phenoxy) is 2. The van der Waals surface area contributed by atoms with E-state index in [-0.39, 0.29) is 23.5 Å². The minimum absolute atomic E-state index is 0.308. The van der Waals surface area contributed by atoms with Crippen LogP contribution in [0.15, 0.2) is 0 Å². The van der Waals surface area contributed by atoms with E-state index in [1.807, 2.05) is 0 Å². The van der Waals surface area contributed by atoms with Crippen LogP contribution in [0.5, 0.6) is 0 Å². The van der Waals surface area contributed by atoms with Crippen molar-refractivity contribution < 1.29 is 24.2 Å². The molecule has 0 radical (unpaired) electrons. The van der Waals surface area contributed by atoms with E-state index in [1.54, 1.807) is 0 Å². The molecule has 0 saturated heterocycles. The number of hydrogen-bond donors (Lipinski definition) is 1. The van der Waals surface area contributed by atoms with Crippen LogP contribution in [0, 0.1) is 46.3 Å². The fourth-order valence-corrected chi connectivity index (χ4v) is 9.92. The molecule has 4 fully saturated rings. The predicted molar refractivity (Wildman–Crippen MR) is 141 cm³/mol. The first-order valence-corrected chi connectivity index (χ1v) is 14.9. The third-order valence-corrected chi connectivity index (χ3v) is 11.6. The first-order chi connectivity index (χ1) is 16.8. The standard InChI is InChI=1S/C31H52O5/c1-19(2)9-8-10-20(3)25-11-12-26-24-17-28(36-22(5)33)31(34)18-23(35-21(4)32)13-16-30(31,7)27(24)14-15-29(25,26)6/h19-20,23-28,34H,8-18H2,1-7H3/t20-,23-,24-,25-,26-,27-,28-,29+,30-,31+/m1/s1. The summed E-state index contributed by atoms with van der Waals surface area (Å²) in [5.41, 5.74) is -1.16. The van der Waals surface area contributed by atoms with Crippen molar-refractivity contribution in [2.75, 3.05) is 0 Å². The molecule has 1 N–H and O–H groups in total. The molecule has 4 aliphatic rings. The van der Waals surface area contributed by atoms with Crippen LogP contribution in [-0.4, -0.2) is 34.9 Å². The Hall–Kier alpha value is -1.10. The second-order valence-corrected chi connectivity index (χ2v) is 14.1. The minimum atomic E-state index is -1.16. The van der Waals surface area contributed by atoms with Crippen molar-refractivity contribution in [1.29, 1.82) is 0 Å². The molecule has 10 atom stereocenters. The quantitative estimate of drug-likeness (QED) is 0.391. The van der Waals surface area contributed by atoms with Gasteiger partial charge in [-0.25, -0.2) is 0 Å². The normalized spacial score (nSPS) is 44.8. The summed E-state index contributed by atoms with van der Waals surface area (Å²) in [5.74, 6) is 3.15. The molecule has 5 nitrogen and oxygen atoms in total. The summed E-state index contributed by atoms with van der Waals surface area (Å²) in [5, 5.41) is 12.3. The third kappa shape index (κ3) is 4.76. The number of fused-ring (bicyclic) bond motifs is 5. The summed E-state index contributed by atoms with van der Waals surface area (Å²) in [6.45, 7) is 14.8. The van der Waals surface area contributed by atoms with E-state index < -0.39 is 11.7 Å². The second kappa shape index (κ2) is 10.2. The van der Waals surface area contributed by atoms with Crippen molar-refractivity contribution in [2.24, 2.45) is 46.3 Å². The van der Waals surface area contributed by atoms with Crippen LogP contribution >= 0.6 is 0 Å². The summed E-state index contributed by atoms with van der Waals surface area (Å²) in [6, 6.07) is 0. The highest BCUT2D eigenvalue weighted by Gasteiger charge is 2.68. The Bertz CT molecular complexity index is 824. The zero-order chi connectivity index (χ0) is 26.5. The van der Waals surface area contributed by atoms with Crippen LogP contribution in [-0.2, 0) is 19.1 Å². The van der Waals surface area contributed by atoms with Crippen LogP contribution in [0.1, 0.15) is 119 Å². The Kier molecular flexibility index (Phi) is 7.93. The van der Waals surface area contributed by atoms with Crippen molar-refractivity contribution >= 4 is 11.9 Å². The molecule has 0 bridgehead atoms. The van der Waals surface area contributed by atoms with Gasteiger partial charge in [0.15, 0.2) is 0 Å². The van der Waals surface area contributed by atoms with Crippen LogP contribution in [0.25, 0.3) is 0 Å². The fraction of sp³-hybridized carbons (Fsp3) is 0.935. The van der Waals surface area contributed by atoms with Gasteiger partial charge in [0.1, 0.15) is 17.8 Å². The number of aliphatic hydroxyl groups is 1. The first kappa shape index (κ1) is 27.9. The molecule has 0 spiro atoms. The molecule has 0 aliphatic heterocycles. The molecule has 4 aliphatic carbocycles.